The Morgan fingerprint density at radius 3 is 2.80 bits per heavy atom. The number of aliphatic hydroxyl groups is 1. The van der Waals surface area contributed by atoms with Gasteiger partial charge in [-0.25, -0.2) is 0 Å². The zero-order chi connectivity index (χ0) is 11.4. The van der Waals surface area contributed by atoms with Gasteiger partial charge >= 0.3 is 0 Å². The van der Waals surface area contributed by atoms with E-state index in [9.17, 15) is 9.90 Å². The highest BCUT2D eigenvalue weighted by Gasteiger charge is 2.25. The molecule has 0 bridgehead atoms. The van der Waals surface area contributed by atoms with Crippen molar-refractivity contribution >= 4 is 5.91 Å². The standard InChI is InChI=1S/C11H22N2O2/c1-4-13-9(2)7-12(8-10(3)14)6-5-11(13)15/h9-10,14H,4-8H2,1-3H3. The first-order valence-corrected chi connectivity index (χ1v) is 5.74. The molecule has 1 amide bonds. The molecule has 0 aromatic carbocycles. The van der Waals surface area contributed by atoms with Crippen LogP contribution in [0.15, 0.2) is 0 Å². The zero-order valence-electron chi connectivity index (χ0n) is 9.94. The third kappa shape index (κ3) is 3.47. The molecule has 0 aliphatic carbocycles. The van der Waals surface area contributed by atoms with Crippen LogP contribution >= 0.6 is 0 Å². The minimum Gasteiger partial charge on any atom is -0.392 e. The van der Waals surface area contributed by atoms with Gasteiger partial charge in [0.2, 0.25) is 5.91 Å². The predicted molar refractivity (Wildman–Crippen MR) is 59.6 cm³/mol. The van der Waals surface area contributed by atoms with Crippen LogP contribution in [0.25, 0.3) is 0 Å². The van der Waals surface area contributed by atoms with Crippen LogP contribution < -0.4 is 0 Å². The molecule has 1 rings (SSSR count). The zero-order valence-corrected chi connectivity index (χ0v) is 9.94. The molecule has 4 heteroatoms. The molecule has 1 aliphatic rings. The quantitative estimate of drug-likeness (QED) is 0.735. The highest BCUT2D eigenvalue weighted by atomic mass is 16.3. The lowest BCUT2D eigenvalue weighted by atomic mass is 10.2. The van der Waals surface area contributed by atoms with E-state index in [1.165, 1.54) is 0 Å². The van der Waals surface area contributed by atoms with Crippen LogP contribution in [0.5, 0.6) is 0 Å². The maximum atomic E-state index is 11.7. The molecule has 1 heterocycles. The molecule has 1 saturated heterocycles. The molecule has 2 atom stereocenters. The van der Waals surface area contributed by atoms with Gasteiger partial charge in [-0.15, -0.1) is 0 Å². The number of aliphatic hydroxyl groups excluding tert-OH is 1. The lowest BCUT2D eigenvalue weighted by Gasteiger charge is -2.28. The maximum Gasteiger partial charge on any atom is 0.224 e. The van der Waals surface area contributed by atoms with E-state index in [1.807, 2.05) is 11.8 Å². The molecule has 1 N–H and O–H groups in total. The van der Waals surface area contributed by atoms with E-state index < -0.39 is 0 Å². The first kappa shape index (κ1) is 12.5. The second-order valence-corrected chi connectivity index (χ2v) is 4.39. The van der Waals surface area contributed by atoms with Crippen molar-refractivity contribution in [2.45, 2.75) is 39.3 Å². The van der Waals surface area contributed by atoms with Gasteiger partial charge in [0.15, 0.2) is 0 Å². The highest BCUT2D eigenvalue weighted by molar-refractivity contribution is 5.77. The monoisotopic (exact) mass is 214 g/mol. The number of hydrogen-bond acceptors (Lipinski definition) is 3. The number of carbonyl (C=O) groups excluding carboxylic acids is 1. The molecule has 15 heavy (non-hydrogen) atoms. The summed E-state index contributed by atoms with van der Waals surface area (Å²) < 4.78 is 0. The molecule has 0 aromatic rings. The minimum atomic E-state index is -0.319. The largest absolute Gasteiger partial charge is 0.392 e. The van der Waals surface area contributed by atoms with Crippen LogP contribution in [-0.2, 0) is 4.79 Å². The number of rotatable bonds is 3. The molecule has 2 unspecified atom stereocenters. The van der Waals surface area contributed by atoms with Gasteiger partial charge in [0.25, 0.3) is 0 Å². The Morgan fingerprint density at radius 1 is 1.60 bits per heavy atom. The van der Waals surface area contributed by atoms with Crippen molar-refractivity contribution in [3.63, 3.8) is 0 Å². The highest BCUT2D eigenvalue weighted by Crippen LogP contribution is 2.11. The average molecular weight is 214 g/mol. The van der Waals surface area contributed by atoms with Crippen LogP contribution in [0.4, 0.5) is 0 Å². The topological polar surface area (TPSA) is 43.8 Å². The van der Waals surface area contributed by atoms with Gasteiger partial charge in [-0.1, -0.05) is 0 Å². The van der Waals surface area contributed by atoms with E-state index in [2.05, 4.69) is 11.8 Å². The van der Waals surface area contributed by atoms with Crippen molar-refractivity contribution in [2.24, 2.45) is 0 Å². The summed E-state index contributed by atoms with van der Waals surface area (Å²) in [5.74, 6) is 0.234. The molecule has 0 spiro atoms. The average Bonchev–Trinajstić information content (AvgIpc) is 2.25. The normalized spacial score (nSPS) is 26.5. The van der Waals surface area contributed by atoms with Crippen molar-refractivity contribution in [3.8, 4) is 0 Å². The van der Waals surface area contributed by atoms with Crippen LogP contribution in [-0.4, -0.2) is 59.1 Å². The van der Waals surface area contributed by atoms with E-state index in [0.29, 0.717) is 13.0 Å². The molecule has 0 aromatic heterocycles. The van der Waals surface area contributed by atoms with Gasteiger partial charge < -0.3 is 10.0 Å². The number of carbonyl (C=O) groups is 1. The van der Waals surface area contributed by atoms with Crippen molar-refractivity contribution in [3.05, 3.63) is 0 Å². The third-order valence-electron chi connectivity index (χ3n) is 2.88. The van der Waals surface area contributed by atoms with Crippen molar-refractivity contribution in [1.29, 1.82) is 0 Å². The van der Waals surface area contributed by atoms with E-state index in [1.54, 1.807) is 6.92 Å². The minimum absolute atomic E-state index is 0.234. The molecule has 1 fully saturated rings. The SMILES string of the molecule is CCN1C(=O)CCN(CC(C)O)CC1C. The summed E-state index contributed by atoms with van der Waals surface area (Å²) in [6.45, 7) is 8.95. The van der Waals surface area contributed by atoms with E-state index in [-0.39, 0.29) is 18.1 Å². The second kappa shape index (κ2) is 5.47. The molecule has 1 aliphatic heterocycles. The van der Waals surface area contributed by atoms with Crippen molar-refractivity contribution in [1.82, 2.24) is 9.80 Å². The molecule has 4 nitrogen and oxygen atoms in total. The summed E-state index contributed by atoms with van der Waals surface area (Å²) in [5.41, 5.74) is 0. The van der Waals surface area contributed by atoms with Crippen molar-refractivity contribution in [2.75, 3.05) is 26.2 Å². The molecule has 88 valence electrons. The van der Waals surface area contributed by atoms with Gasteiger partial charge in [0.05, 0.1) is 6.10 Å². The molecular formula is C11H22N2O2. The second-order valence-electron chi connectivity index (χ2n) is 4.39. The Morgan fingerprint density at radius 2 is 2.27 bits per heavy atom. The summed E-state index contributed by atoms with van der Waals surface area (Å²) >= 11 is 0. The lowest BCUT2D eigenvalue weighted by Crippen LogP contribution is -2.42. The Labute approximate surface area is 91.9 Å². The Hall–Kier alpha value is -0.610. The van der Waals surface area contributed by atoms with Gasteiger partial charge in [-0.2, -0.15) is 0 Å². The van der Waals surface area contributed by atoms with E-state index >= 15 is 0 Å². The maximum absolute atomic E-state index is 11.7. The Bertz CT molecular complexity index is 219. The van der Waals surface area contributed by atoms with Crippen molar-refractivity contribution < 1.29 is 9.90 Å². The fraction of sp³-hybridized carbons (Fsp3) is 0.909. The lowest BCUT2D eigenvalue weighted by molar-refractivity contribution is -0.131. The third-order valence-corrected chi connectivity index (χ3v) is 2.88. The Kier molecular flexibility index (Phi) is 4.54. The first-order valence-electron chi connectivity index (χ1n) is 5.74. The summed E-state index contributed by atoms with van der Waals surface area (Å²) in [6.07, 6.45) is 0.255. The van der Waals surface area contributed by atoms with Gasteiger partial charge in [0, 0.05) is 38.6 Å². The fourth-order valence-electron chi connectivity index (χ4n) is 2.23. The summed E-state index contributed by atoms with van der Waals surface area (Å²) in [5, 5.41) is 9.33. The van der Waals surface area contributed by atoms with Crippen LogP contribution in [0.3, 0.4) is 0 Å². The van der Waals surface area contributed by atoms with Crippen LogP contribution in [0, 0.1) is 0 Å². The summed E-state index contributed by atoms with van der Waals surface area (Å²) in [7, 11) is 0. The fourth-order valence-corrected chi connectivity index (χ4v) is 2.23. The van der Waals surface area contributed by atoms with Gasteiger partial charge in [-0.05, 0) is 20.8 Å². The van der Waals surface area contributed by atoms with Crippen LogP contribution in [0.2, 0.25) is 0 Å². The summed E-state index contributed by atoms with van der Waals surface area (Å²) in [6, 6.07) is 0.253. The smallest absolute Gasteiger partial charge is 0.224 e. The Balaban J connectivity index is 2.58. The van der Waals surface area contributed by atoms with Crippen LogP contribution in [0.1, 0.15) is 27.2 Å². The summed E-state index contributed by atoms with van der Waals surface area (Å²) in [4.78, 5) is 15.8. The number of amides is 1. The number of nitrogens with zero attached hydrogens (tertiary/aromatic N) is 2. The van der Waals surface area contributed by atoms with Gasteiger partial charge in [0.1, 0.15) is 0 Å². The molecular weight excluding hydrogens is 192 g/mol. The molecule has 0 saturated carbocycles. The van der Waals surface area contributed by atoms with E-state index in [0.717, 1.165) is 19.6 Å². The molecule has 0 radical (unpaired) electrons. The van der Waals surface area contributed by atoms with E-state index in [4.69, 9.17) is 0 Å². The number of likely N-dealkylation sites (N-methyl/N-ethyl adjacent to an activating group) is 1. The number of β-amino-alcohol motifs (C(OH)–C–C–N with tert-alkyl or cyclic N) is 1. The van der Waals surface area contributed by atoms with Gasteiger partial charge in [-0.3, -0.25) is 9.69 Å². The predicted octanol–water partition coefficient (Wildman–Crippen LogP) is 0.310. The first-order chi connectivity index (χ1) is 7.04. The number of hydrogen-bond donors (Lipinski definition) is 1.